The summed E-state index contributed by atoms with van der Waals surface area (Å²) in [5, 5.41) is 9.09. The Bertz CT molecular complexity index is 710. The highest BCUT2D eigenvalue weighted by Gasteiger charge is 2.23. The van der Waals surface area contributed by atoms with Crippen LogP contribution in [0, 0.1) is 18.3 Å². The molecule has 0 spiro atoms. The van der Waals surface area contributed by atoms with Gasteiger partial charge in [-0.2, -0.15) is 5.26 Å². The second-order valence-electron chi connectivity index (χ2n) is 4.83. The summed E-state index contributed by atoms with van der Waals surface area (Å²) < 4.78 is 11.3. The number of aryl methyl sites for hydroxylation is 1. The predicted octanol–water partition coefficient (Wildman–Crippen LogP) is 2.41. The van der Waals surface area contributed by atoms with Gasteiger partial charge in [0.15, 0.2) is 0 Å². The number of hydrogen-bond donors (Lipinski definition) is 0. The summed E-state index contributed by atoms with van der Waals surface area (Å²) in [5.74, 6) is 1.02. The molecule has 0 amide bonds. The van der Waals surface area contributed by atoms with Crippen LogP contribution in [0.5, 0.6) is 11.6 Å². The number of nitrogens with zero attached hydrogens (tertiary/aromatic N) is 2. The van der Waals surface area contributed by atoms with Gasteiger partial charge in [-0.15, -0.1) is 0 Å². The van der Waals surface area contributed by atoms with Crippen LogP contribution in [0.3, 0.4) is 0 Å². The minimum absolute atomic E-state index is 0.130. The van der Waals surface area contributed by atoms with E-state index in [0.717, 1.165) is 11.3 Å². The highest BCUT2D eigenvalue weighted by Crippen LogP contribution is 2.25. The summed E-state index contributed by atoms with van der Waals surface area (Å²) in [6.45, 7) is 4.62. The van der Waals surface area contributed by atoms with E-state index in [-0.39, 0.29) is 6.92 Å². The highest BCUT2D eigenvalue weighted by molar-refractivity contribution is 6.67. The molecule has 1 aliphatic heterocycles. The third-order valence-corrected chi connectivity index (χ3v) is 3.38. The maximum atomic E-state index is 9.09. The molecule has 4 nitrogen and oxygen atoms in total. The van der Waals surface area contributed by atoms with Gasteiger partial charge in [0, 0.05) is 5.69 Å². The molecule has 0 N–H and O–H groups in total. The summed E-state index contributed by atoms with van der Waals surface area (Å²) in [5.41, 5.74) is 3.56. The zero-order chi connectivity index (χ0) is 14.1. The van der Waals surface area contributed by atoms with Crippen LogP contribution in [0.25, 0.3) is 0 Å². The van der Waals surface area contributed by atoms with E-state index in [9.17, 15) is 0 Å². The van der Waals surface area contributed by atoms with Crippen LogP contribution in [0.1, 0.15) is 16.8 Å². The van der Waals surface area contributed by atoms with Crippen molar-refractivity contribution in [3.8, 4) is 17.7 Å². The fourth-order valence-electron chi connectivity index (χ4n) is 2.28. The number of aromatic nitrogens is 1. The van der Waals surface area contributed by atoms with Gasteiger partial charge in [0.1, 0.15) is 17.4 Å². The van der Waals surface area contributed by atoms with Crippen LogP contribution in [-0.4, -0.2) is 11.9 Å². The van der Waals surface area contributed by atoms with Crippen molar-refractivity contribution in [3.63, 3.8) is 0 Å². The van der Waals surface area contributed by atoms with Crippen molar-refractivity contribution in [1.29, 1.82) is 5.26 Å². The van der Waals surface area contributed by atoms with Crippen LogP contribution in [0.2, 0.25) is 6.82 Å². The molecule has 1 aromatic carbocycles. The SMILES string of the molecule is CB1OCc2cc(Oc3nc(C)ccc3C#N)ccc21. The van der Waals surface area contributed by atoms with Gasteiger partial charge in [-0.05, 0) is 42.2 Å². The van der Waals surface area contributed by atoms with Crippen molar-refractivity contribution in [3.05, 3.63) is 47.2 Å². The molecule has 0 radical (unpaired) electrons. The second-order valence-corrected chi connectivity index (χ2v) is 4.83. The molecule has 2 aromatic rings. The number of nitriles is 1. The Hall–Kier alpha value is -2.32. The lowest BCUT2D eigenvalue weighted by Gasteiger charge is -2.08. The number of rotatable bonds is 2. The first-order chi connectivity index (χ1) is 9.67. The van der Waals surface area contributed by atoms with Gasteiger partial charge < -0.3 is 9.39 Å². The normalized spacial score (nSPS) is 12.9. The minimum Gasteiger partial charge on any atom is -0.438 e. The Balaban J connectivity index is 1.93. The Morgan fingerprint density at radius 3 is 3.00 bits per heavy atom. The van der Waals surface area contributed by atoms with Gasteiger partial charge in [0.2, 0.25) is 5.88 Å². The van der Waals surface area contributed by atoms with Gasteiger partial charge in [-0.1, -0.05) is 12.9 Å². The van der Waals surface area contributed by atoms with E-state index in [2.05, 4.69) is 11.1 Å². The van der Waals surface area contributed by atoms with Gasteiger partial charge in [-0.3, -0.25) is 0 Å². The monoisotopic (exact) mass is 264 g/mol. The van der Waals surface area contributed by atoms with Crippen molar-refractivity contribution in [2.45, 2.75) is 20.4 Å². The summed E-state index contributed by atoms with van der Waals surface area (Å²) in [7, 11) is 0. The zero-order valence-electron chi connectivity index (χ0n) is 11.4. The van der Waals surface area contributed by atoms with E-state index in [4.69, 9.17) is 14.7 Å². The molecular formula is C15H13BN2O2. The molecule has 98 valence electrons. The van der Waals surface area contributed by atoms with Crippen LogP contribution in [0.4, 0.5) is 0 Å². The Morgan fingerprint density at radius 1 is 1.35 bits per heavy atom. The van der Waals surface area contributed by atoms with Crippen molar-refractivity contribution in [2.24, 2.45) is 0 Å². The van der Waals surface area contributed by atoms with E-state index < -0.39 is 0 Å². The van der Waals surface area contributed by atoms with Crippen LogP contribution < -0.4 is 10.2 Å². The summed E-state index contributed by atoms with van der Waals surface area (Å²) in [4.78, 5) is 4.27. The Kier molecular flexibility index (Phi) is 3.17. The van der Waals surface area contributed by atoms with Crippen molar-refractivity contribution in [1.82, 2.24) is 4.98 Å². The molecule has 0 bridgehead atoms. The summed E-state index contributed by atoms with van der Waals surface area (Å²) in [6, 6.07) is 11.4. The van der Waals surface area contributed by atoms with Gasteiger partial charge in [0.25, 0.3) is 0 Å². The number of benzene rings is 1. The lowest BCUT2D eigenvalue weighted by atomic mass is 9.64. The largest absolute Gasteiger partial charge is 0.438 e. The minimum atomic E-state index is 0.130. The lowest BCUT2D eigenvalue weighted by Crippen LogP contribution is -2.23. The molecule has 0 aliphatic carbocycles. The first-order valence-corrected chi connectivity index (χ1v) is 6.47. The fourth-order valence-corrected chi connectivity index (χ4v) is 2.28. The molecule has 2 heterocycles. The number of fused-ring (bicyclic) bond motifs is 1. The van der Waals surface area contributed by atoms with Crippen LogP contribution in [-0.2, 0) is 11.3 Å². The Morgan fingerprint density at radius 2 is 2.20 bits per heavy atom. The maximum Gasteiger partial charge on any atom is 0.324 e. The molecule has 20 heavy (non-hydrogen) atoms. The number of pyridine rings is 1. The van der Waals surface area contributed by atoms with E-state index in [1.54, 1.807) is 12.1 Å². The highest BCUT2D eigenvalue weighted by atomic mass is 16.5. The smallest absolute Gasteiger partial charge is 0.324 e. The summed E-state index contributed by atoms with van der Waals surface area (Å²) in [6.07, 6.45) is 0. The lowest BCUT2D eigenvalue weighted by molar-refractivity contribution is 0.333. The van der Waals surface area contributed by atoms with Crippen molar-refractivity contribution < 1.29 is 9.39 Å². The molecule has 0 fully saturated rings. The third kappa shape index (κ3) is 2.26. The first-order valence-electron chi connectivity index (χ1n) is 6.47. The molecule has 0 atom stereocenters. The standard InChI is InChI=1S/C15H13BN2O2/c1-10-3-4-11(8-17)15(18-10)20-13-5-6-14-12(7-13)9-19-16(14)2/h3-7H,9H2,1-2H3. The molecule has 0 saturated carbocycles. The predicted molar refractivity (Wildman–Crippen MR) is 76.2 cm³/mol. The van der Waals surface area contributed by atoms with Gasteiger partial charge in [-0.25, -0.2) is 4.98 Å². The van der Waals surface area contributed by atoms with E-state index in [1.807, 2.05) is 31.9 Å². The zero-order valence-corrected chi connectivity index (χ0v) is 11.4. The van der Waals surface area contributed by atoms with E-state index in [1.165, 1.54) is 5.46 Å². The molecular weight excluding hydrogens is 251 g/mol. The van der Waals surface area contributed by atoms with Crippen molar-refractivity contribution >= 4 is 12.4 Å². The van der Waals surface area contributed by atoms with Gasteiger partial charge in [0.05, 0.1) is 6.61 Å². The van der Waals surface area contributed by atoms with Crippen molar-refractivity contribution in [2.75, 3.05) is 0 Å². The molecule has 5 heteroatoms. The molecule has 3 rings (SSSR count). The fraction of sp³-hybridized carbons (Fsp3) is 0.200. The average molecular weight is 264 g/mol. The topological polar surface area (TPSA) is 55.1 Å². The van der Waals surface area contributed by atoms with E-state index >= 15 is 0 Å². The molecule has 1 aliphatic rings. The van der Waals surface area contributed by atoms with Crippen LogP contribution >= 0.6 is 0 Å². The number of ether oxygens (including phenoxy) is 1. The van der Waals surface area contributed by atoms with Gasteiger partial charge >= 0.3 is 6.92 Å². The maximum absolute atomic E-state index is 9.09. The Labute approximate surface area is 118 Å². The average Bonchev–Trinajstić information content (AvgIpc) is 2.80. The summed E-state index contributed by atoms with van der Waals surface area (Å²) >= 11 is 0. The quantitative estimate of drug-likeness (QED) is 0.781. The molecule has 1 aromatic heterocycles. The first kappa shape index (κ1) is 12.7. The third-order valence-electron chi connectivity index (χ3n) is 3.38. The van der Waals surface area contributed by atoms with Crippen LogP contribution in [0.15, 0.2) is 30.3 Å². The van der Waals surface area contributed by atoms with E-state index in [0.29, 0.717) is 23.8 Å². The second kappa shape index (κ2) is 4.99. The number of hydrogen-bond acceptors (Lipinski definition) is 4. The molecule has 0 saturated heterocycles. The molecule has 0 unspecified atom stereocenters.